The summed E-state index contributed by atoms with van der Waals surface area (Å²) in [6.45, 7) is 0. The van der Waals surface area contributed by atoms with Gasteiger partial charge in [-0.2, -0.15) is 0 Å². The number of methoxy groups -OCH3 is 2. The predicted molar refractivity (Wildman–Crippen MR) is 107 cm³/mol. The number of benzene rings is 2. The number of rotatable bonds is 6. The highest BCUT2D eigenvalue weighted by atomic mass is 35.5. The van der Waals surface area contributed by atoms with E-state index in [1.54, 1.807) is 0 Å². The first-order valence-corrected chi connectivity index (χ1v) is 9.34. The number of ether oxygens (including phenoxy) is 3. The number of carbonyl (C=O) groups is 2. The minimum atomic E-state index is -0.835. The van der Waals surface area contributed by atoms with Crippen molar-refractivity contribution in [2.75, 3.05) is 19.5 Å². The van der Waals surface area contributed by atoms with Gasteiger partial charge in [0.25, 0.3) is 5.91 Å². The summed E-state index contributed by atoms with van der Waals surface area (Å²) in [5.74, 6) is -1.60. The Balaban J connectivity index is 1.76. The highest BCUT2D eigenvalue weighted by molar-refractivity contribution is 6.33. The Morgan fingerprint density at radius 3 is 2.57 bits per heavy atom. The van der Waals surface area contributed by atoms with Crippen LogP contribution in [0.3, 0.4) is 0 Å². The number of hydrogen-bond acceptors (Lipinski definition) is 8. The smallest absolute Gasteiger partial charge is 0.341 e. The van der Waals surface area contributed by atoms with Gasteiger partial charge in [0.05, 0.1) is 24.9 Å². The Kier molecular flexibility index (Phi) is 6.12. The van der Waals surface area contributed by atoms with Crippen LogP contribution in [-0.4, -0.2) is 47.5 Å². The second-order valence-electron chi connectivity index (χ2n) is 6.58. The SMILES string of the molecule is COC(=O)c1c(O)cc(O)c(Cl)c1CCC[C@@H]1Oc2cc(OC)c(O)cc2NC1=O. The monoisotopic (exact) mass is 437 g/mol. The quantitative estimate of drug-likeness (QED) is 0.506. The highest BCUT2D eigenvalue weighted by Gasteiger charge is 2.29. The van der Waals surface area contributed by atoms with Gasteiger partial charge in [-0.15, -0.1) is 0 Å². The van der Waals surface area contributed by atoms with E-state index >= 15 is 0 Å². The van der Waals surface area contributed by atoms with E-state index in [-0.39, 0.29) is 46.2 Å². The molecule has 0 saturated carbocycles. The molecule has 1 aliphatic rings. The van der Waals surface area contributed by atoms with Crippen molar-refractivity contribution in [2.24, 2.45) is 0 Å². The first-order chi connectivity index (χ1) is 14.3. The van der Waals surface area contributed by atoms with Crippen molar-refractivity contribution in [2.45, 2.75) is 25.4 Å². The van der Waals surface area contributed by atoms with Gasteiger partial charge in [-0.1, -0.05) is 11.6 Å². The maximum absolute atomic E-state index is 12.3. The molecule has 2 aromatic rings. The molecule has 1 amide bonds. The van der Waals surface area contributed by atoms with E-state index in [1.807, 2.05) is 0 Å². The average molecular weight is 438 g/mol. The van der Waals surface area contributed by atoms with E-state index in [1.165, 1.54) is 19.2 Å². The molecule has 1 aliphatic heterocycles. The van der Waals surface area contributed by atoms with Crippen molar-refractivity contribution in [1.29, 1.82) is 0 Å². The lowest BCUT2D eigenvalue weighted by Gasteiger charge is -2.26. The van der Waals surface area contributed by atoms with E-state index in [9.17, 15) is 24.9 Å². The maximum Gasteiger partial charge on any atom is 0.341 e. The van der Waals surface area contributed by atoms with Crippen LogP contribution in [0.25, 0.3) is 0 Å². The van der Waals surface area contributed by atoms with E-state index in [2.05, 4.69) is 10.1 Å². The summed E-state index contributed by atoms with van der Waals surface area (Å²) >= 11 is 6.12. The largest absolute Gasteiger partial charge is 0.507 e. The van der Waals surface area contributed by atoms with Gasteiger partial charge in [0.1, 0.15) is 22.8 Å². The van der Waals surface area contributed by atoms with Crippen molar-refractivity contribution >= 4 is 29.2 Å². The van der Waals surface area contributed by atoms with E-state index in [4.69, 9.17) is 21.1 Å². The number of nitrogens with one attached hydrogen (secondary N) is 1. The molecule has 1 atom stereocenters. The van der Waals surface area contributed by atoms with E-state index in [0.29, 0.717) is 17.9 Å². The van der Waals surface area contributed by atoms with Gasteiger partial charge in [-0.25, -0.2) is 4.79 Å². The van der Waals surface area contributed by atoms with Crippen LogP contribution in [0.5, 0.6) is 28.7 Å². The summed E-state index contributed by atoms with van der Waals surface area (Å²) < 4.78 is 15.5. The van der Waals surface area contributed by atoms with Crippen LogP contribution >= 0.6 is 11.6 Å². The molecule has 30 heavy (non-hydrogen) atoms. The minimum absolute atomic E-state index is 0.0761. The maximum atomic E-state index is 12.3. The fraction of sp³-hybridized carbons (Fsp3) is 0.300. The van der Waals surface area contributed by atoms with Crippen LogP contribution in [0, 0.1) is 0 Å². The molecule has 3 rings (SSSR count). The Labute approximate surface area is 176 Å². The molecule has 0 aliphatic carbocycles. The van der Waals surface area contributed by atoms with Crippen molar-refractivity contribution in [1.82, 2.24) is 0 Å². The number of esters is 1. The molecule has 0 saturated heterocycles. The third kappa shape index (κ3) is 4.02. The Morgan fingerprint density at radius 1 is 1.17 bits per heavy atom. The van der Waals surface area contributed by atoms with Gasteiger partial charge in [0.15, 0.2) is 17.6 Å². The Hall–Kier alpha value is -3.33. The first kappa shape index (κ1) is 21.4. The molecule has 0 radical (unpaired) electrons. The normalized spacial score (nSPS) is 15.0. The van der Waals surface area contributed by atoms with E-state index < -0.39 is 23.7 Å². The molecule has 0 bridgehead atoms. The molecule has 4 N–H and O–H groups in total. The van der Waals surface area contributed by atoms with Crippen LogP contribution < -0.4 is 14.8 Å². The van der Waals surface area contributed by atoms with Gasteiger partial charge in [0, 0.05) is 18.2 Å². The number of phenols is 3. The second-order valence-corrected chi connectivity index (χ2v) is 6.96. The van der Waals surface area contributed by atoms with Crippen molar-refractivity contribution in [3.8, 4) is 28.7 Å². The number of phenolic OH excluding ortho intramolecular Hbond substituents is 3. The first-order valence-electron chi connectivity index (χ1n) is 8.97. The lowest BCUT2D eigenvalue weighted by molar-refractivity contribution is -0.123. The van der Waals surface area contributed by atoms with E-state index in [0.717, 1.165) is 13.2 Å². The Bertz CT molecular complexity index is 1010. The molecule has 0 aromatic heterocycles. The van der Waals surface area contributed by atoms with Crippen LogP contribution in [-0.2, 0) is 16.0 Å². The number of anilines is 1. The van der Waals surface area contributed by atoms with Gasteiger partial charge in [-0.3, -0.25) is 4.79 Å². The van der Waals surface area contributed by atoms with Gasteiger partial charge >= 0.3 is 5.97 Å². The standard InChI is InChI=1S/C20H20ClNO8/c1-28-16-8-15-10(6-11(16)23)22-19(26)14(30-15)5-3-4-9-17(20(27)29-2)12(24)7-13(25)18(9)21/h6-8,14,23-25H,3-5H2,1-2H3,(H,22,26)/t14-/m0/s1. The molecule has 9 nitrogen and oxygen atoms in total. The summed E-state index contributed by atoms with van der Waals surface area (Å²) in [4.78, 5) is 24.3. The second kappa shape index (κ2) is 8.58. The molecular formula is C20H20ClNO8. The lowest BCUT2D eigenvalue weighted by Crippen LogP contribution is -2.37. The molecule has 160 valence electrons. The van der Waals surface area contributed by atoms with Gasteiger partial charge < -0.3 is 34.8 Å². The third-order valence-corrected chi connectivity index (χ3v) is 5.13. The molecule has 2 aromatic carbocycles. The number of fused-ring (bicyclic) bond motifs is 1. The van der Waals surface area contributed by atoms with Crippen LogP contribution in [0.15, 0.2) is 18.2 Å². The number of halogens is 1. The number of hydrogen-bond donors (Lipinski definition) is 4. The fourth-order valence-corrected chi connectivity index (χ4v) is 3.47. The zero-order valence-electron chi connectivity index (χ0n) is 16.2. The van der Waals surface area contributed by atoms with Gasteiger partial charge in [0.2, 0.25) is 0 Å². The van der Waals surface area contributed by atoms with Crippen molar-refractivity contribution < 1.29 is 39.1 Å². The summed E-state index contributed by atoms with van der Waals surface area (Å²) in [7, 11) is 2.56. The number of carbonyl (C=O) groups excluding carboxylic acids is 2. The van der Waals surface area contributed by atoms with Crippen molar-refractivity contribution in [3.05, 3.63) is 34.3 Å². The molecule has 0 unspecified atom stereocenters. The predicted octanol–water partition coefficient (Wildman–Crippen LogP) is 2.97. The van der Waals surface area contributed by atoms with Gasteiger partial charge in [-0.05, 0) is 24.8 Å². The summed E-state index contributed by atoms with van der Waals surface area (Å²) in [5.41, 5.74) is 0.396. The van der Waals surface area contributed by atoms with Crippen LogP contribution in [0.2, 0.25) is 5.02 Å². The molecule has 1 heterocycles. The molecule has 0 spiro atoms. The third-order valence-electron chi connectivity index (χ3n) is 4.70. The summed E-state index contributed by atoms with van der Waals surface area (Å²) in [6.07, 6.45) is -0.0701. The molecular weight excluding hydrogens is 418 g/mol. The van der Waals surface area contributed by atoms with Crippen LogP contribution in [0.1, 0.15) is 28.8 Å². The molecule has 10 heteroatoms. The van der Waals surface area contributed by atoms with Crippen molar-refractivity contribution in [3.63, 3.8) is 0 Å². The van der Waals surface area contributed by atoms with Crippen LogP contribution in [0.4, 0.5) is 5.69 Å². The molecule has 0 fully saturated rings. The highest BCUT2D eigenvalue weighted by Crippen LogP contribution is 2.41. The minimum Gasteiger partial charge on any atom is -0.507 e. The average Bonchev–Trinajstić information content (AvgIpc) is 2.71. The summed E-state index contributed by atoms with van der Waals surface area (Å²) in [6, 6.07) is 3.77. The topological polar surface area (TPSA) is 135 Å². The summed E-state index contributed by atoms with van der Waals surface area (Å²) in [5, 5.41) is 32.3. The number of aromatic hydroxyl groups is 3. The fourth-order valence-electron chi connectivity index (χ4n) is 3.23. The number of amides is 1. The zero-order valence-corrected chi connectivity index (χ0v) is 16.9. The zero-order chi connectivity index (χ0) is 22.0. The Morgan fingerprint density at radius 2 is 1.90 bits per heavy atom. The lowest BCUT2D eigenvalue weighted by atomic mass is 9.98.